The first kappa shape index (κ1) is 10.0. The van der Waals surface area contributed by atoms with Gasteiger partial charge in [-0.15, -0.1) is 0 Å². The Morgan fingerprint density at radius 3 is 2.92 bits per heavy atom. The summed E-state index contributed by atoms with van der Waals surface area (Å²) in [7, 11) is 0. The highest BCUT2D eigenvalue weighted by atomic mass is 16.1. The van der Waals surface area contributed by atoms with Crippen molar-refractivity contribution in [2.75, 3.05) is 0 Å². The van der Waals surface area contributed by atoms with Gasteiger partial charge < -0.3 is 0 Å². The summed E-state index contributed by atoms with van der Waals surface area (Å²) in [6, 6.07) is 0. The minimum atomic E-state index is 0.644. The Kier molecular flexibility index (Phi) is 3.72. The van der Waals surface area contributed by atoms with Crippen LogP contribution in [0.15, 0.2) is 29.4 Å². The zero-order chi connectivity index (χ0) is 9.68. The largest absolute Gasteiger partial charge is 0.234 e. The van der Waals surface area contributed by atoms with Gasteiger partial charge in [-0.3, -0.25) is 0 Å². The third-order valence-corrected chi connectivity index (χ3v) is 2.65. The smallest absolute Gasteiger partial charge is 0.124 e. The maximum Gasteiger partial charge on any atom is 0.124 e. The zero-order valence-corrected chi connectivity index (χ0v) is 8.34. The summed E-state index contributed by atoms with van der Waals surface area (Å²) in [5.41, 5.74) is 2.87. The van der Waals surface area contributed by atoms with E-state index < -0.39 is 0 Å². The lowest BCUT2D eigenvalue weighted by Gasteiger charge is -2.21. The van der Waals surface area contributed by atoms with Gasteiger partial charge in [0.1, 0.15) is 5.94 Å². The molecule has 0 aromatic carbocycles. The van der Waals surface area contributed by atoms with Crippen molar-refractivity contribution in [1.82, 2.24) is 0 Å². The minimum Gasteiger partial charge on any atom is -0.234 e. The van der Waals surface area contributed by atoms with Gasteiger partial charge in [-0.25, -0.2) is 4.79 Å². The molecule has 0 radical (unpaired) electrons. The molecule has 0 aromatic rings. The average molecular weight is 176 g/mol. The summed E-state index contributed by atoms with van der Waals surface area (Å²) in [5.74, 6) is 2.40. The SMILES string of the molecule is CC1=C(/C=C\C=C=O)C(C)CCC1. The Bertz CT molecular complexity index is 277. The molecule has 0 saturated carbocycles. The van der Waals surface area contributed by atoms with E-state index >= 15 is 0 Å². The quantitative estimate of drug-likeness (QED) is 0.467. The molecule has 0 N–H and O–H groups in total. The van der Waals surface area contributed by atoms with Gasteiger partial charge >= 0.3 is 0 Å². The van der Waals surface area contributed by atoms with Crippen LogP contribution in [0.25, 0.3) is 0 Å². The van der Waals surface area contributed by atoms with Crippen molar-refractivity contribution in [2.45, 2.75) is 33.1 Å². The molecule has 0 saturated heterocycles. The lowest BCUT2D eigenvalue weighted by Crippen LogP contribution is -2.06. The molecule has 1 aliphatic rings. The molecular formula is C12H16O. The molecular weight excluding hydrogens is 160 g/mol. The van der Waals surface area contributed by atoms with Crippen LogP contribution in [0.2, 0.25) is 0 Å². The molecule has 0 fully saturated rings. The summed E-state index contributed by atoms with van der Waals surface area (Å²) in [6.07, 6.45) is 9.02. The summed E-state index contributed by atoms with van der Waals surface area (Å²) < 4.78 is 0. The predicted octanol–water partition coefficient (Wildman–Crippen LogP) is 3.07. The lowest BCUT2D eigenvalue weighted by molar-refractivity contribution is 0.546. The van der Waals surface area contributed by atoms with E-state index in [1.807, 2.05) is 6.08 Å². The van der Waals surface area contributed by atoms with Crippen LogP contribution in [0.3, 0.4) is 0 Å². The fourth-order valence-corrected chi connectivity index (χ4v) is 1.89. The maximum absolute atomic E-state index is 9.96. The molecule has 0 heterocycles. The Hall–Kier alpha value is -1.07. The second kappa shape index (κ2) is 4.84. The molecule has 70 valence electrons. The molecule has 1 rings (SSSR count). The third-order valence-electron chi connectivity index (χ3n) is 2.65. The highest BCUT2D eigenvalue weighted by Gasteiger charge is 2.13. The molecule has 0 spiro atoms. The molecule has 0 amide bonds. The van der Waals surface area contributed by atoms with Crippen molar-refractivity contribution in [3.63, 3.8) is 0 Å². The molecule has 0 aliphatic heterocycles. The summed E-state index contributed by atoms with van der Waals surface area (Å²) in [6.45, 7) is 4.42. The van der Waals surface area contributed by atoms with E-state index in [2.05, 4.69) is 13.8 Å². The Morgan fingerprint density at radius 1 is 1.54 bits per heavy atom. The summed E-state index contributed by atoms with van der Waals surface area (Å²) in [5, 5.41) is 0. The Balaban J connectivity index is 2.79. The van der Waals surface area contributed by atoms with E-state index in [4.69, 9.17) is 0 Å². The number of carbonyl (C=O) groups excluding carboxylic acids is 1. The van der Waals surface area contributed by atoms with Crippen molar-refractivity contribution in [2.24, 2.45) is 5.92 Å². The second-order valence-corrected chi connectivity index (χ2v) is 3.67. The van der Waals surface area contributed by atoms with Crippen LogP contribution in [-0.2, 0) is 4.79 Å². The molecule has 0 aromatic heterocycles. The van der Waals surface area contributed by atoms with Crippen molar-refractivity contribution in [3.8, 4) is 0 Å². The van der Waals surface area contributed by atoms with E-state index in [1.165, 1.54) is 36.5 Å². The monoisotopic (exact) mass is 176 g/mol. The fourth-order valence-electron chi connectivity index (χ4n) is 1.89. The van der Waals surface area contributed by atoms with Crippen LogP contribution in [0, 0.1) is 5.92 Å². The zero-order valence-electron chi connectivity index (χ0n) is 8.34. The van der Waals surface area contributed by atoms with Crippen molar-refractivity contribution < 1.29 is 4.79 Å². The van der Waals surface area contributed by atoms with E-state index in [-0.39, 0.29) is 0 Å². The van der Waals surface area contributed by atoms with Gasteiger partial charge in [-0.05, 0) is 37.7 Å². The first-order valence-corrected chi connectivity index (χ1v) is 4.83. The van der Waals surface area contributed by atoms with Crippen LogP contribution in [0.4, 0.5) is 0 Å². The van der Waals surface area contributed by atoms with Gasteiger partial charge in [-0.1, -0.05) is 24.6 Å². The first-order valence-electron chi connectivity index (χ1n) is 4.83. The van der Waals surface area contributed by atoms with E-state index in [0.29, 0.717) is 5.92 Å². The van der Waals surface area contributed by atoms with Crippen molar-refractivity contribution >= 4 is 5.94 Å². The molecule has 1 unspecified atom stereocenters. The normalized spacial score (nSPS) is 23.4. The fraction of sp³-hybridized carbons (Fsp3) is 0.500. The number of hydrogen-bond donors (Lipinski definition) is 0. The number of rotatable bonds is 2. The van der Waals surface area contributed by atoms with Gasteiger partial charge in [0.05, 0.1) is 0 Å². The minimum absolute atomic E-state index is 0.644. The third kappa shape index (κ3) is 2.71. The number of allylic oxidation sites excluding steroid dienone is 5. The van der Waals surface area contributed by atoms with Crippen LogP contribution < -0.4 is 0 Å². The van der Waals surface area contributed by atoms with E-state index in [0.717, 1.165) is 0 Å². The Labute approximate surface area is 79.8 Å². The summed E-state index contributed by atoms with van der Waals surface area (Å²) in [4.78, 5) is 9.96. The highest BCUT2D eigenvalue weighted by Crippen LogP contribution is 2.30. The molecule has 1 atom stereocenters. The molecule has 0 bridgehead atoms. The topological polar surface area (TPSA) is 17.1 Å². The summed E-state index contributed by atoms with van der Waals surface area (Å²) >= 11 is 0. The predicted molar refractivity (Wildman–Crippen MR) is 55.1 cm³/mol. The van der Waals surface area contributed by atoms with Crippen LogP contribution in [0.1, 0.15) is 33.1 Å². The van der Waals surface area contributed by atoms with Crippen LogP contribution in [-0.4, -0.2) is 5.94 Å². The molecule has 1 aliphatic carbocycles. The molecule has 1 heteroatoms. The highest BCUT2D eigenvalue weighted by molar-refractivity contribution is 5.49. The second-order valence-electron chi connectivity index (χ2n) is 3.67. The lowest BCUT2D eigenvalue weighted by atomic mass is 9.84. The van der Waals surface area contributed by atoms with Crippen LogP contribution in [0.5, 0.6) is 0 Å². The van der Waals surface area contributed by atoms with Gasteiger partial charge in [0.25, 0.3) is 0 Å². The van der Waals surface area contributed by atoms with E-state index in [9.17, 15) is 4.79 Å². The van der Waals surface area contributed by atoms with E-state index in [1.54, 1.807) is 12.0 Å². The first-order chi connectivity index (χ1) is 6.25. The number of hydrogen-bond acceptors (Lipinski definition) is 1. The van der Waals surface area contributed by atoms with Crippen LogP contribution >= 0.6 is 0 Å². The van der Waals surface area contributed by atoms with Gasteiger partial charge in [0.15, 0.2) is 0 Å². The maximum atomic E-state index is 9.96. The Morgan fingerprint density at radius 2 is 2.31 bits per heavy atom. The van der Waals surface area contributed by atoms with Gasteiger partial charge in [-0.2, -0.15) is 0 Å². The van der Waals surface area contributed by atoms with Crippen molar-refractivity contribution in [3.05, 3.63) is 29.4 Å². The van der Waals surface area contributed by atoms with Crippen molar-refractivity contribution in [1.29, 1.82) is 0 Å². The molecule has 13 heavy (non-hydrogen) atoms. The standard InChI is InChI=1S/C12H16O/c1-10-6-5-7-11(2)12(10)8-3-4-9-13/h3-4,8,10H,5-7H2,1-2H3/b8-3-. The van der Waals surface area contributed by atoms with Gasteiger partial charge in [0, 0.05) is 6.08 Å². The molecule has 1 nitrogen and oxygen atoms in total. The van der Waals surface area contributed by atoms with Gasteiger partial charge in [0.2, 0.25) is 0 Å². The average Bonchev–Trinajstić information content (AvgIpc) is 2.10.